The molecule has 0 aliphatic heterocycles. The smallest absolute Gasteiger partial charge is 0.142 e. The van der Waals surface area contributed by atoms with Gasteiger partial charge in [0.2, 0.25) is 0 Å². The number of hydrogen-bond donors (Lipinski definition) is 1. The van der Waals surface area contributed by atoms with Gasteiger partial charge in [-0.1, -0.05) is 43.7 Å². The molecule has 19 heavy (non-hydrogen) atoms. The fourth-order valence-electron chi connectivity index (χ4n) is 2.37. The Labute approximate surface area is 119 Å². The van der Waals surface area contributed by atoms with E-state index in [9.17, 15) is 4.39 Å². The third-order valence-electron chi connectivity index (χ3n) is 4.04. The normalized spacial score (nSPS) is 18.4. The van der Waals surface area contributed by atoms with Crippen LogP contribution in [0, 0.1) is 11.7 Å². The molecule has 1 unspecified atom stereocenters. The van der Waals surface area contributed by atoms with E-state index in [0.717, 1.165) is 30.4 Å². The summed E-state index contributed by atoms with van der Waals surface area (Å²) >= 11 is 5.75. The van der Waals surface area contributed by atoms with Gasteiger partial charge in [0.05, 0.1) is 5.02 Å². The predicted octanol–water partition coefficient (Wildman–Crippen LogP) is 4.66. The first-order valence-electron chi connectivity index (χ1n) is 6.75. The van der Waals surface area contributed by atoms with Gasteiger partial charge in [-0.3, -0.25) is 0 Å². The zero-order valence-electron chi connectivity index (χ0n) is 11.5. The largest absolute Gasteiger partial charge is 0.325 e. The Hall–Kier alpha value is -0.860. The monoisotopic (exact) mass is 281 g/mol. The van der Waals surface area contributed by atoms with Crippen molar-refractivity contribution in [1.29, 1.82) is 0 Å². The van der Waals surface area contributed by atoms with E-state index in [4.69, 9.17) is 17.3 Å². The first-order chi connectivity index (χ1) is 8.82. The molecule has 1 fully saturated rings. The molecule has 3 heteroatoms. The van der Waals surface area contributed by atoms with Crippen LogP contribution in [0.15, 0.2) is 30.4 Å². The van der Waals surface area contributed by atoms with Crippen LogP contribution in [0.3, 0.4) is 0 Å². The molecular weight excluding hydrogens is 261 g/mol. The molecule has 0 bridgehead atoms. The third kappa shape index (κ3) is 3.37. The van der Waals surface area contributed by atoms with Crippen LogP contribution in [0.1, 0.15) is 44.6 Å². The lowest BCUT2D eigenvalue weighted by Crippen LogP contribution is -2.26. The van der Waals surface area contributed by atoms with Crippen molar-refractivity contribution in [3.8, 4) is 0 Å². The van der Waals surface area contributed by atoms with Crippen molar-refractivity contribution < 1.29 is 4.39 Å². The summed E-state index contributed by atoms with van der Waals surface area (Å²) in [7, 11) is 0. The second-order valence-corrected chi connectivity index (χ2v) is 6.43. The Morgan fingerprint density at radius 2 is 2.11 bits per heavy atom. The Bertz CT molecular complexity index is 492. The number of nitrogens with two attached hydrogens (primary N) is 1. The topological polar surface area (TPSA) is 26.0 Å². The highest BCUT2D eigenvalue weighted by Gasteiger charge is 2.41. The fraction of sp³-hybridized carbons (Fsp3) is 0.500. The van der Waals surface area contributed by atoms with Gasteiger partial charge in [0.1, 0.15) is 5.82 Å². The van der Waals surface area contributed by atoms with Gasteiger partial charge in [-0.2, -0.15) is 0 Å². The van der Waals surface area contributed by atoms with Gasteiger partial charge in [0.15, 0.2) is 0 Å². The van der Waals surface area contributed by atoms with Gasteiger partial charge in [-0.05, 0) is 42.9 Å². The summed E-state index contributed by atoms with van der Waals surface area (Å²) < 4.78 is 13.7. The van der Waals surface area contributed by atoms with Crippen LogP contribution in [0.4, 0.5) is 4.39 Å². The Kier molecular flexibility index (Phi) is 4.03. The maximum atomic E-state index is 13.7. The summed E-state index contributed by atoms with van der Waals surface area (Å²) in [5, 5.41) is 0.159. The average molecular weight is 282 g/mol. The zero-order valence-corrected chi connectivity index (χ0v) is 12.3. The highest BCUT2D eigenvalue weighted by atomic mass is 35.5. The van der Waals surface area contributed by atoms with Crippen LogP contribution in [0.5, 0.6) is 0 Å². The molecule has 104 valence electrons. The molecule has 0 radical (unpaired) electrons. The number of hydrogen-bond acceptors (Lipinski definition) is 1. The first-order valence-corrected chi connectivity index (χ1v) is 7.13. The van der Waals surface area contributed by atoms with E-state index in [0.29, 0.717) is 5.92 Å². The minimum atomic E-state index is -0.373. The van der Waals surface area contributed by atoms with Crippen molar-refractivity contribution in [2.24, 2.45) is 11.7 Å². The third-order valence-corrected chi connectivity index (χ3v) is 4.34. The molecule has 1 aliphatic rings. The summed E-state index contributed by atoms with van der Waals surface area (Å²) in [6.45, 7) is 8.40. The quantitative estimate of drug-likeness (QED) is 0.781. The van der Waals surface area contributed by atoms with Crippen LogP contribution in [0.2, 0.25) is 5.02 Å². The molecule has 1 saturated carbocycles. The molecule has 0 spiro atoms. The minimum absolute atomic E-state index is 0.0847. The summed E-state index contributed by atoms with van der Waals surface area (Å²) in [5.41, 5.74) is 8.18. The summed E-state index contributed by atoms with van der Waals surface area (Å²) in [4.78, 5) is 0. The molecule has 1 atom stereocenters. The standard InChI is InChI=1S/C16H21ClFN/c1-10(2)11(3)13(9-16(19)6-7-16)12-4-5-14(17)15(18)8-12/h4-5,8,10,13H,3,6-7,9,19H2,1-2H3. The summed E-state index contributed by atoms with van der Waals surface area (Å²) in [6.07, 6.45) is 2.93. The van der Waals surface area contributed by atoms with Gasteiger partial charge >= 0.3 is 0 Å². The Balaban J connectivity index is 2.30. The van der Waals surface area contributed by atoms with Gasteiger partial charge in [0.25, 0.3) is 0 Å². The molecule has 1 aliphatic carbocycles. The van der Waals surface area contributed by atoms with E-state index in [1.165, 1.54) is 6.07 Å². The SMILES string of the molecule is C=C(C(C)C)C(CC1(N)CC1)c1ccc(Cl)c(F)c1. The van der Waals surface area contributed by atoms with E-state index in [-0.39, 0.29) is 22.3 Å². The van der Waals surface area contributed by atoms with Gasteiger partial charge in [-0.25, -0.2) is 4.39 Å². The van der Waals surface area contributed by atoms with E-state index >= 15 is 0 Å². The molecular formula is C16H21ClFN. The van der Waals surface area contributed by atoms with E-state index in [2.05, 4.69) is 20.4 Å². The summed E-state index contributed by atoms with van der Waals surface area (Å²) in [5.74, 6) is 0.0907. The Morgan fingerprint density at radius 1 is 1.47 bits per heavy atom. The number of allylic oxidation sites excluding steroid dienone is 1. The highest BCUT2D eigenvalue weighted by Crippen LogP contribution is 2.44. The van der Waals surface area contributed by atoms with Crippen LogP contribution in [-0.4, -0.2) is 5.54 Å². The van der Waals surface area contributed by atoms with Crippen molar-refractivity contribution in [2.75, 3.05) is 0 Å². The van der Waals surface area contributed by atoms with E-state index < -0.39 is 0 Å². The number of halogens is 2. The van der Waals surface area contributed by atoms with Crippen molar-refractivity contribution >= 4 is 11.6 Å². The molecule has 0 saturated heterocycles. The molecule has 1 aromatic carbocycles. The van der Waals surface area contributed by atoms with E-state index in [1.807, 2.05) is 6.07 Å². The van der Waals surface area contributed by atoms with Crippen molar-refractivity contribution in [1.82, 2.24) is 0 Å². The zero-order chi connectivity index (χ0) is 14.2. The Morgan fingerprint density at radius 3 is 2.58 bits per heavy atom. The molecule has 2 rings (SSSR count). The van der Waals surface area contributed by atoms with Crippen LogP contribution < -0.4 is 5.73 Å². The second kappa shape index (κ2) is 5.26. The summed E-state index contributed by atoms with van der Waals surface area (Å²) in [6, 6.07) is 5.02. The predicted molar refractivity (Wildman–Crippen MR) is 78.9 cm³/mol. The van der Waals surface area contributed by atoms with Crippen LogP contribution >= 0.6 is 11.6 Å². The lowest BCUT2D eigenvalue weighted by Gasteiger charge is -2.26. The number of benzene rings is 1. The maximum Gasteiger partial charge on any atom is 0.142 e. The van der Waals surface area contributed by atoms with Crippen molar-refractivity contribution in [2.45, 2.75) is 44.6 Å². The van der Waals surface area contributed by atoms with Gasteiger partial charge < -0.3 is 5.73 Å². The van der Waals surface area contributed by atoms with Crippen LogP contribution in [-0.2, 0) is 0 Å². The lowest BCUT2D eigenvalue weighted by atomic mass is 9.81. The van der Waals surface area contributed by atoms with Crippen molar-refractivity contribution in [3.05, 3.63) is 46.8 Å². The lowest BCUT2D eigenvalue weighted by molar-refractivity contribution is 0.522. The average Bonchev–Trinajstić information content (AvgIpc) is 3.07. The molecule has 0 amide bonds. The van der Waals surface area contributed by atoms with Crippen LogP contribution in [0.25, 0.3) is 0 Å². The highest BCUT2D eigenvalue weighted by molar-refractivity contribution is 6.30. The first kappa shape index (κ1) is 14.5. The number of rotatable bonds is 5. The molecule has 1 nitrogen and oxygen atoms in total. The molecule has 0 aromatic heterocycles. The van der Waals surface area contributed by atoms with Gasteiger partial charge in [-0.15, -0.1) is 0 Å². The second-order valence-electron chi connectivity index (χ2n) is 6.02. The maximum absolute atomic E-state index is 13.7. The van der Waals surface area contributed by atoms with E-state index in [1.54, 1.807) is 6.07 Å². The fourth-order valence-corrected chi connectivity index (χ4v) is 2.48. The molecule has 2 N–H and O–H groups in total. The molecule has 0 heterocycles. The minimum Gasteiger partial charge on any atom is -0.325 e. The molecule has 1 aromatic rings. The van der Waals surface area contributed by atoms with Crippen molar-refractivity contribution in [3.63, 3.8) is 0 Å². The van der Waals surface area contributed by atoms with Gasteiger partial charge in [0, 0.05) is 11.5 Å².